The summed E-state index contributed by atoms with van der Waals surface area (Å²) in [5.74, 6) is -2.39. The molecule has 0 saturated carbocycles. The molecule has 0 saturated heterocycles. The Morgan fingerprint density at radius 2 is 1.52 bits per heavy atom. The fourth-order valence-electron chi connectivity index (χ4n) is 2.87. The second kappa shape index (κ2) is 8.75. The molecule has 0 aromatic heterocycles. The first kappa shape index (κ1) is 22.3. The van der Waals surface area contributed by atoms with Crippen LogP contribution in [-0.2, 0) is 11.0 Å². The lowest BCUT2D eigenvalue weighted by Gasteiger charge is -2.14. The highest BCUT2D eigenvalue weighted by Gasteiger charge is 2.27. The Labute approximate surface area is 181 Å². The summed E-state index contributed by atoms with van der Waals surface area (Å²) in [5.41, 5.74) is 1.85. The van der Waals surface area contributed by atoms with Crippen molar-refractivity contribution < 1.29 is 23.8 Å². The Balaban J connectivity index is 1.93. The number of hydrogen-bond acceptors (Lipinski definition) is 2. The Morgan fingerprint density at radius 1 is 0.897 bits per heavy atom. The molecule has 4 nitrogen and oxygen atoms in total. The van der Waals surface area contributed by atoms with Crippen molar-refractivity contribution in [1.82, 2.24) is 0 Å². The topological polar surface area (TPSA) is 77.8 Å². The van der Waals surface area contributed by atoms with E-state index in [1.165, 1.54) is 30.3 Å². The molecule has 3 aromatic rings. The average molecular weight is 476 g/mol. The minimum atomic E-state index is -4.69. The molecule has 0 bridgehead atoms. The van der Waals surface area contributed by atoms with Gasteiger partial charge in [-0.25, -0.2) is 4.39 Å². The highest BCUT2D eigenvalue weighted by Crippen LogP contribution is 2.49. The van der Waals surface area contributed by atoms with Gasteiger partial charge in [0, 0.05) is 17.0 Å². The molecule has 3 N–H and O–H groups in total. The van der Waals surface area contributed by atoms with Crippen LogP contribution in [0.2, 0.25) is 15.1 Å². The molecule has 152 valence electrons. The smallest absolute Gasteiger partial charge is 0.358 e. The predicted molar refractivity (Wildman–Crippen MR) is 113 cm³/mol. The highest BCUT2D eigenvalue weighted by molar-refractivity contribution is 7.51. The molecule has 0 spiro atoms. The van der Waals surface area contributed by atoms with Gasteiger partial charge in [0.25, 0.3) is 0 Å². The summed E-state index contributed by atoms with van der Waals surface area (Å²) in [4.78, 5) is 18.2. The van der Waals surface area contributed by atoms with Gasteiger partial charge < -0.3 is 14.9 Å². The fraction of sp³-hybridized carbons (Fsp3) is 0.100. The van der Waals surface area contributed by atoms with Crippen LogP contribution in [0.15, 0.2) is 54.6 Å². The molecule has 3 aromatic carbocycles. The average Bonchev–Trinajstić information content (AvgIpc) is 2.66. The molecule has 0 fully saturated rings. The van der Waals surface area contributed by atoms with Crippen LogP contribution >= 0.6 is 42.4 Å². The van der Waals surface area contributed by atoms with Gasteiger partial charge in [0.2, 0.25) is 0 Å². The number of aliphatic hydroxyl groups is 1. The maximum absolute atomic E-state index is 15.1. The van der Waals surface area contributed by atoms with E-state index in [4.69, 9.17) is 44.6 Å². The van der Waals surface area contributed by atoms with Crippen LogP contribution in [0.1, 0.15) is 22.5 Å². The van der Waals surface area contributed by atoms with Crippen molar-refractivity contribution >= 4 is 42.4 Å². The summed E-state index contributed by atoms with van der Waals surface area (Å²) in [6, 6.07) is 13.7. The monoisotopic (exact) mass is 474 g/mol. The third-order valence-electron chi connectivity index (χ3n) is 4.39. The first-order valence-corrected chi connectivity index (χ1v) is 11.1. The summed E-state index contributed by atoms with van der Waals surface area (Å²) in [5, 5.41) is 10.7. The summed E-state index contributed by atoms with van der Waals surface area (Å²) in [7, 11) is -4.69. The van der Waals surface area contributed by atoms with E-state index in [0.717, 1.165) is 0 Å². The largest absolute Gasteiger partial charge is 0.376 e. The molecule has 0 amide bonds. The fourth-order valence-corrected chi connectivity index (χ4v) is 4.07. The maximum Gasteiger partial charge on any atom is 0.358 e. The molecule has 3 rings (SSSR count). The SMILES string of the molecule is O=P(O)(O)[C@H](O)c1ccc(-c2cccc(Cc3cc(Cl)c(Cl)cc3Cl)c2F)cc1. The molecule has 0 aliphatic rings. The number of rotatable bonds is 5. The molecule has 0 heterocycles. The van der Waals surface area contributed by atoms with Crippen LogP contribution in [0, 0.1) is 5.82 Å². The van der Waals surface area contributed by atoms with Gasteiger partial charge >= 0.3 is 7.60 Å². The third kappa shape index (κ3) is 5.01. The lowest BCUT2D eigenvalue weighted by Crippen LogP contribution is -1.99. The van der Waals surface area contributed by atoms with Gasteiger partial charge in [-0.1, -0.05) is 77.3 Å². The van der Waals surface area contributed by atoms with Gasteiger partial charge in [-0.05, 0) is 34.4 Å². The van der Waals surface area contributed by atoms with Crippen molar-refractivity contribution in [2.45, 2.75) is 12.3 Å². The normalized spacial score (nSPS) is 12.8. The summed E-state index contributed by atoms with van der Waals surface area (Å²) in [6.45, 7) is 0. The predicted octanol–water partition coefficient (Wildman–Crippen LogP) is 6.21. The molecule has 0 unspecified atom stereocenters. The lowest BCUT2D eigenvalue weighted by molar-refractivity contribution is 0.205. The first-order valence-electron chi connectivity index (χ1n) is 8.32. The molecular formula is C20H15Cl3FO4P. The van der Waals surface area contributed by atoms with Gasteiger partial charge in [-0.2, -0.15) is 0 Å². The van der Waals surface area contributed by atoms with Crippen molar-refractivity contribution in [2.24, 2.45) is 0 Å². The van der Waals surface area contributed by atoms with E-state index in [1.54, 1.807) is 24.3 Å². The Bertz CT molecular complexity index is 1100. The van der Waals surface area contributed by atoms with Crippen molar-refractivity contribution in [3.05, 3.63) is 92.2 Å². The zero-order valence-corrected chi connectivity index (χ0v) is 17.9. The summed E-state index contributed by atoms with van der Waals surface area (Å²) >= 11 is 18.2. The number of halogens is 4. The molecule has 9 heteroatoms. The van der Waals surface area contributed by atoms with Gasteiger partial charge in [-0.15, -0.1) is 0 Å². The highest BCUT2D eigenvalue weighted by atomic mass is 35.5. The van der Waals surface area contributed by atoms with Gasteiger partial charge in [0.15, 0.2) is 5.85 Å². The number of aliphatic hydroxyl groups excluding tert-OH is 1. The van der Waals surface area contributed by atoms with Gasteiger partial charge in [0.05, 0.1) is 10.0 Å². The van der Waals surface area contributed by atoms with Crippen molar-refractivity contribution in [3.63, 3.8) is 0 Å². The van der Waals surface area contributed by atoms with E-state index in [9.17, 15) is 9.67 Å². The molecule has 0 radical (unpaired) electrons. The summed E-state index contributed by atoms with van der Waals surface area (Å²) < 4.78 is 26.3. The van der Waals surface area contributed by atoms with E-state index < -0.39 is 19.3 Å². The van der Waals surface area contributed by atoms with Crippen LogP contribution in [-0.4, -0.2) is 14.9 Å². The zero-order valence-electron chi connectivity index (χ0n) is 14.7. The second-order valence-corrected chi connectivity index (χ2v) is 9.29. The lowest BCUT2D eigenvalue weighted by atomic mass is 9.97. The minimum absolute atomic E-state index is 0.0428. The first-order chi connectivity index (χ1) is 13.6. The Kier molecular flexibility index (Phi) is 6.71. The van der Waals surface area contributed by atoms with E-state index in [2.05, 4.69) is 0 Å². The van der Waals surface area contributed by atoms with E-state index in [0.29, 0.717) is 37.3 Å². The van der Waals surface area contributed by atoms with E-state index in [1.807, 2.05) is 0 Å². The molecular weight excluding hydrogens is 461 g/mol. The van der Waals surface area contributed by atoms with E-state index >= 15 is 4.39 Å². The standard InChI is InChI=1S/C20H15Cl3FO4P/c21-16-10-18(23)17(22)9-14(16)8-13-2-1-3-15(19(13)24)11-4-6-12(7-5-11)20(25)29(26,27)28/h1-7,9-10,20,25H,8H2,(H2,26,27,28)/t20-/m0/s1. The van der Waals surface area contributed by atoms with Gasteiger partial charge in [0.1, 0.15) is 5.82 Å². The Morgan fingerprint density at radius 3 is 2.14 bits per heavy atom. The Hall–Kier alpha value is -1.43. The quantitative estimate of drug-likeness (QED) is 0.303. The van der Waals surface area contributed by atoms with Gasteiger partial charge in [-0.3, -0.25) is 4.57 Å². The van der Waals surface area contributed by atoms with Crippen molar-refractivity contribution in [2.75, 3.05) is 0 Å². The molecule has 29 heavy (non-hydrogen) atoms. The van der Waals surface area contributed by atoms with Crippen LogP contribution in [0.25, 0.3) is 11.1 Å². The molecule has 0 aliphatic heterocycles. The molecule has 1 atom stereocenters. The van der Waals surface area contributed by atoms with Crippen LogP contribution in [0.4, 0.5) is 4.39 Å². The number of hydrogen-bond donors (Lipinski definition) is 3. The minimum Gasteiger partial charge on any atom is -0.376 e. The number of benzene rings is 3. The van der Waals surface area contributed by atoms with Crippen molar-refractivity contribution in [3.8, 4) is 11.1 Å². The third-order valence-corrected chi connectivity index (χ3v) is 6.40. The van der Waals surface area contributed by atoms with Crippen LogP contribution < -0.4 is 0 Å². The maximum atomic E-state index is 15.1. The van der Waals surface area contributed by atoms with Crippen LogP contribution in [0.3, 0.4) is 0 Å². The van der Waals surface area contributed by atoms with E-state index in [-0.39, 0.29) is 12.0 Å². The zero-order chi connectivity index (χ0) is 21.3. The molecule has 0 aliphatic carbocycles. The van der Waals surface area contributed by atoms with Crippen molar-refractivity contribution in [1.29, 1.82) is 0 Å². The second-order valence-electron chi connectivity index (χ2n) is 6.40. The summed E-state index contributed by atoms with van der Waals surface area (Å²) in [6.07, 6.45) is 0.199. The van der Waals surface area contributed by atoms with Crippen LogP contribution in [0.5, 0.6) is 0 Å².